The Morgan fingerprint density at radius 1 is 1.43 bits per heavy atom. The zero-order valence-electron chi connectivity index (χ0n) is 11.4. The lowest BCUT2D eigenvalue weighted by Crippen LogP contribution is -2.07. The molecule has 0 radical (unpaired) electrons. The molecule has 0 aliphatic rings. The first-order chi connectivity index (χ1) is 10.2. The fraction of sp³-hybridized carbons (Fsp3) is 0.0667. The SMILES string of the molecule is C=CC(=O)Nc1cnc2c(c1)c(C)nn2-c1cccnc1. The Morgan fingerprint density at radius 2 is 2.29 bits per heavy atom. The topological polar surface area (TPSA) is 72.7 Å². The van der Waals surface area contributed by atoms with Crippen LogP contribution in [0, 0.1) is 6.92 Å². The highest BCUT2D eigenvalue weighted by Crippen LogP contribution is 2.22. The van der Waals surface area contributed by atoms with Crippen LogP contribution in [-0.4, -0.2) is 25.7 Å². The number of amides is 1. The van der Waals surface area contributed by atoms with Gasteiger partial charge in [-0.3, -0.25) is 9.78 Å². The molecule has 0 aliphatic carbocycles. The van der Waals surface area contributed by atoms with Gasteiger partial charge >= 0.3 is 0 Å². The molecule has 0 atom stereocenters. The molecule has 3 heterocycles. The molecule has 0 spiro atoms. The number of carbonyl (C=O) groups is 1. The number of carbonyl (C=O) groups excluding carboxylic acids is 1. The zero-order chi connectivity index (χ0) is 14.8. The number of nitrogens with one attached hydrogen (secondary N) is 1. The average molecular weight is 279 g/mol. The van der Waals surface area contributed by atoms with Crippen molar-refractivity contribution in [1.82, 2.24) is 19.7 Å². The van der Waals surface area contributed by atoms with Gasteiger partial charge in [0.15, 0.2) is 5.65 Å². The molecule has 0 saturated carbocycles. The van der Waals surface area contributed by atoms with Crippen LogP contribution in [0.25, 0.3) is 16.7 Å². The summed E-state index contributed by atoms with van der Waals surface area (Å²) in [5.41, 5.74) is 3.00. The molecule has 1 amide bonds. The van der Waals surface area contributed by atoms with Gasteiger partial charge in [0.25, 0.3) is 0 Å². The van der Waals surface area contributed by atoms with E-state index in [1.165, 1.54) is 6.08 Å². The summed E-state index contributed by atoms with van der Waals surface area (Å²) in [5.74, 6) is -0.270. The molecular formula is C15H13N5O. The number of aromatic nitrogens is 4. The van der Waals surface area contributed by atoms with Crippen LogP contribution in [0.5, 0.6) is 0 Å². The fourth-order valence-electron chi connectivity index (χ4n) is 2.06. The average Bonchev–Trinajstić information content (AvgIpc) is 2.85. The van der Waals surface area contributed by atoms with Gasteiger partial charge in [0.2, 0.25) is 5.91 Å². The summed E-state index contributed by atoms with van der Waals surface area (Å²) in [6.07, 6.45) is 6.24. The molecule has 104 valence electrons. The smallest absolute Gasteiger partial charge is 0.247 e. The summed E-state index contributed by atoms with van der Waals surface area (Å²) in [7, 11) is 0. The number of hydrogen-bond donors (Lipinski definition) is 1. The largest absolute Gasteiger partial charge is 0.321 e. The van der Waals surface area contributed by atoms with Crippen molar-refractivity contribution in [2.24, 2.45) is 0 Å². The lowest BCUT2D eigenvalue weighted by molar-refractivity contribution is -0.111. The number of hydrogen-bond acceptors (Lipinski definition) is 4. The van der Waals surface area contributed by atoms with Gasteiger partial charge in [-0.25, -0.2) is 9.67 Å². The number of pyridine rings is 2. The van der Waals surface area contributed by atoms with Crippen molar-refractivity contribution in [2.75, 3.05) is 5.32 Å². The lowest BCUT2D eigenvalue weighted by atomic mass is 10.2. The van der Waals surface area contributed by atoms with Crippen molar-refractivity contribution in [2.45, 2.75) is 6.92 Å². The summed E-state index contributed by atoms with van der Waals surface area (Å²) in [6.45, 7) is 5.32. The van der Waals surface area contributed by atoms with E-state index in [2.05, 4.69) is 27.0 Å². The minimum absolute atomic E-state index is 0.270. The van der Waals surface area contributed by atoms with Crippen LogP contribution in [-0.2, 0) is 4.79 Å². The highest BCUT2D eigenvalue weighted by molar-refractivity contribution is 6.00. The molecule has 0 fully saturated rings. The third-order valence-corrected chi connectivity index (χ3v) is 3.05. The van der Waals surface area contributed by atoms with Gasteiger partial charge in [0.05, 0.1) is 29.5 Å². The van der Waals surface area contributed by atoms with Crippen LogP contribution in [0.2, 0.25) is 0 Å². The number of rotatable bonds is 3. The van der Waals surface area contributed by atoms with E-state index in [4.69, 9.17) is 0 Å². The standard InChI is InChI=1S/C15H13N5O/c1-3-14(21)18-11-7-13-10(2)19-20(15(13)17-8-11)12-5-4-6-16-9-12/h3-9H,1H2,2H3,(H,18,21). The first-order valence-corrected chi connectivity index (χ1v) is 6.38. The van der Waals surface area contributed by atoms with Gasteiger partial charge in [-0.05, 0) is 31.2 Å². The van der Waals surface area contributed by atoms with E-state index in [-0.39, 0.29) is 5.91 Å². The Morgan fingerprint density at radius 3 is 3.00 bits per heavy atom. The van der Waals surface area contributed by atoms with Crippen LogP contribution in [0.1, 0.15) is 5.69 Å². The first kappa shape index (κ1) is 13.0. The molecule has 0 aromatic carbocycles. The van der Waals surface area contributed by atoms with Crippen molar-refractivity contribution in [3.05, 3.63) is 55.1 Å². The lowest BCUT2D eigenvalue weighted by Gasteiger charge is -2.03. The van der Waals surface area contributed by atoms with E-state index >= 15 is 0 Å². The molecular weight excluding hydrogens is 266 g/mol. The normalized spacial score (nSPS) is 10.5. The van der Waals surface area contributed by atoms with Gasteiger partial charge in [0.1, 0.15) is 0 Å². The first-order valence-electron chi connectivity index (χ1n) is 6.38. The van der Waals surface area contributed by atoms with Crippen LogP contribution in [0.4, 0.5) is 5.69 Å². The summed E-state index contributed by atoms with van der Waals surface area (Å²) in [4.78, 5) is 19.8. The summed E-state index contributed by atoms with van der Waals surface area (Å²) in [5, 5.41) is 8.05. The maximum Gasteiger partial charge on any atom is 0.247 e. The molecule has 6 heteroatoms. The second-order valence-corrected chi connectivity index (χ2v) is 4.50. The van der Waals surface area contributed by atoms with E-state index in [1.54, 1.807) is 23.3 Å². The van der Waals surface area contributed by atoms with Crippen LogP contribution < -0.4 is 5.32 Å². The molecule has 0 unspecified atom stereocenters. The second kappa shape index (κ2) is 5.16. The monoisotopic (exact) mass is 279 g/mol. The predicted molar refractivity (Wildman–Crippen MR) is 80.2 cm³/mol. The summed E-state index contributed by atoms with van der Waals surface area (Å²) >= 11 is 0. The Hall–Kier alpha value is -3.02. The quantitative estimate of drug-likeness (QED) is 0.746. The Balaban J connectivity index is 2.10. The van der Waals surface area contributed by atoms with E-state index in [9.17, 15) is 4.79 Å². The van der Waals surface area contributed by atoms with Crippen LogP contribution in [0.15, 0.2) is 49.4 Å². The van der Waals surface area contributed by atoms with Gasteiger partial charge in [-0.1, -0.05) is 6.58 Å². The second-order valence-electron chi connectivity index (χ2n) is 4.50. The van der Waals surface area contributed by atoms with Gasteiger partial charge in [-0.2, -0.15) is 5.10 Å². The van der Waals surface area contributed by atoms with Crippen molar-refractivity contribution in [3.8, 4) is 5.69 Å². The van der Waals surface area contributed by atoms with E-state index in [0.717, 1.165) is 22.4 Å². The number of aryl methyl sites for hydroxylation is 1. The molecule has 0 saturated heterocycles. The maximum absolute atomic E-state index is 11.3. The van der Waals surface area contributed by atoms with Gasteiger partial charge < -0.3 is 5.32 Å². The Bertz CT molecular complexity index is 823. The minimum atomic E-state index is -0.270. The van der Waals surface area contributed by atoms with E-state index in [1.807, 2.05) is 25.1 Å². The van der Waals surface area contributed by atoms with Gasteiger partial charge in [-0.15, -0.1) is 0 Å². The number of nitrogens with zero attached hydrogens (tertiary/aromatic N) is 4. The number of anilines is 1. The van der Waals surface area contributed by atoms with Crippen molar-refractivity contribution < 1.29 is 4.79 Å². The number of fused-ring (bicyclic) bond motifs is 1. The van der Waals surface area contributed by atoms with Crippen molar-refractivity contribution in [3.63, 3.8) is 0 Å². The molecule has 3 aromatic rings. The summed E-state index contributed by atoms with van der Waals surface area (Å²) < 4.78 is 1.73. The van der Waals surface area contributed by atoms with Crippen molar-refractivity contribution in [1.29, 1.82) is 0 Å². The van der Waals surface area contributed by atoms with Crippen molar-refractivity contribution >= 4 is 22.6 Å². The predicted octanol–water partition coefficient (Wildman–Crippen LogP) is 2.25. The van der Waals surface area contributed by atoms with Crippen LogP contribution in [0.3, 0.4) is 0 Å². The van der Waals surface area contributed by atoms with Gasteiger partial charge in [0, 0.05) is 11.6 Å². The van der Waals surface area contributed by atoms with E-state index < -0.39 is 0 Å². The van der Waals surface area contributed by atoms with E-state index in [0.29, 0.717) is 5.69 Å². The fourth-order valence-corrected chi connectivity index (χ4v) is 2.06. The molecule has 0 aliphatic heterocycles. The summed E-state index contributed by atoms with van der Waals surface area (Å²) in [6, 6.07) is 5.60. The molecule has 3 rings (SSSR count). The maximum atomic E-state index is 11.3. The Kier molecular flexibility index (Phi) is 3.19. The molecule has 6 nitrogen and oxygen atoms in total. The Labute approximate surface area is 121 Å². The highest BCUT2D eigenvalue weighted by Gasteiger charge is 2.11. The third-order valence-electron chi connectivity index (χ3n) is 3.05. The minimum Gasteiger partial charge on any atom is -0.321 e. The molecule has 0 bridgehead atoms. The molecule has 1 N–H and O–H groups in total. The molecule has 3 aromatic heterocycles. The van der Waals surface area contributed by atoms with Crippen LogP contribution >= 0.6 is 0 Å². The zero-order valence-corrected chi connectivity index (χ0v) is 11.4. The molecule has 21 heavy (non-hydrogen) atoms. The third kappa shape index (κ3) is 2.38. The highest BCUT2D eigenvalue weighted by atomic mass is 16.1.